The predicted octanol–water partition coefficient (Wildman–Crippen LogP) is 4.04. The number of hydrogen-bond donors (Lipinski definition) is 2. The second-order valence-corrected chi connectivity index (χ2v) is 9.19. The number of carbonyl (C=O) groups is 3. The molecule has 2 aliphatic rings. The number of amides is 3. The molecule has 0 saturated heterocycles. The van der Waals surface area contributed by atoms with Crippen LogP contribution in [0.1, 0.15) is 68.9 Å². The molecule has 2 N–H and O–H groups in total. The Morgan fingerprint density at radius 2 is 1.94 bits per heavy atom. The highest BCUT2D eigenvalue weighted by Gasteiger charge is 2.40. The maximum atomic E-state index is 13.0. The van der Waals surface area contributed by atoms with Crippen molar-refractivity contribution in [2.75, 3.05) is 6.54 Å². The summed E-state index contributed by atoms with van der Waals surface area (Å²) in [7, 11) is 0. The Kier molecular flexibility index (Phi) is 5.61. The standard InChI is InChI=1S/C24H24N4O3S/c29-22(25-11-10-19-21(27-14-26-19)20-7-4-12-32-20)15-8-9-17-18(13-15)24(31)28(23(17)30)16-5-2-1-3-6-16/h4,7-9,12-14,16H,1-3,5-6,10-11H2,(H,25,29)(H,26,27). The molecule has 7 nitrogen and oxygen atoms in total. The zero-order valence-corrected chi connectivity index (χ0v) is 18.4. The highest BCUT2D eigenvalue weighted by Crippen LogP contribution is 2.31. The molecule has 1 aliphatic carbocycles. The van der Waals surface area contributed by atoms with Crippen molar-refractivity contribution >= 4 is 29.1 Å². The monoisotopic (exact) mass is 448 g/mol. The van der Waals surface area contributed by atoms with E-state index in [2.05, 4.69) is 15.3 Å². The average Bonchev–Trinajstić information content (AvgIpc) is 3.55. The van der Waals surface area contributed by atoms with Gasteiger partial charge in [-0.25, -0.2) is 4.98 Å². The third kappa shape index (κ3) is 3.75. The SMILES string of the molecule is O=C(NCCc1[nH]cnc1-c1cccs1)c1ccc2c(c1)C(=O)N(C1CCCCC1)C2=O. The van der Waals surface area contributed by atoms with Gasteiger partial charge in [0.1, 0.15) is 5.69 Å². The first-order valence-electron chi connectivity index (χ1n) is 11.0. The normalized spacial score (nSPS) is 16.4. The summed E-state index contributed by atoms with van der Waals surface area (Å²) in [6, 6.07) is 8.76. The molecule has 5 rings (SSSR count). The number of H-pyrrole nitrogens is 1. The fourth-order valence-corrected chi connectivity index (χ4v) is 5.36. The summed E-state index contributed by atoms with van der Waals surface area (Å²) < 4.78 is 0. The van der Waals surface area contributed by atoms with E-state index in [0.29, 0.717) is 29.7 Å². The van der Waals surface area contributed by atoms with Crippen molar-refractivity contribution in [3.05, 3.63) is 64.4 Å². The van der Waals surface area contributed by atoms with E-state index in [1.807, 2.05) is 17.5 Å². The fraction of sp³-hybridized carbons (Fsp3) is 0.333. The molecule has 1 aromatic carbocycles. The molecule has 32 heavy (non-hydrogen) atoms. The lowest BCUT2D eigenvalue weighted by molar-refractivity contribution is 0.0548. The van der Waals surface area contributed by atoms with Crippen LogP contribution in [0, 0.1) is 0 Å². The number of nitrogens with one attached hydrogen (secondary N) is 2. The fourth-order valence-electron chi connectivity index (χ4n) is 4.61. The van der Waals surface area contributed by atoms with Crippen LogP contribution in [0.15, 0.2) is 42.0 Å². The van der Waals surface area contributed by atoms with E-state index >= 15 is 0 Å². The molecule has 0 unspecified atom stereocenters. The summed E-state index contributed by atoms with van der Waals surface area (Å²) >= 11 is 1.62. The van der Waals surface area contributed by atoms with Crippen molar-refractivity contribution in [1.29, 1.82) is 0 Å². The van der Waals surface area contributed by atoms with Crippen molar-refractivity contribution in [3.8, 4) is 10.6 Å². The summed E-state index contributed by atoms with van der Waals surface area (Å²) in [5, 5.41) is 4.91. The second kappa shape index (κ2) is 8.70. The number of nitrogens with zero attached hydrogens (tertiary/aromatic N) is 2. The number of aromatic nitrogens is 2. The van der Waals surface area contributed by atoms with Gasteiger partial charge in [0.15, 0.2) is 0 Å². The van der Waals surface area contributed by atoms with E-state index in [1.165, 1.54) is 4.90 Å². The second-order valence-electron chi connectivity index (χ2n) is 8.25. The molecule has 2 aromatic heterocycles. The van der Waals surface area contributed by atoms with Crippen LogP contribution in [0.3, 0.4) is 0 Å². The molecular formula is C24H24N4O3S. The van der Waals surface area contributed by atoms with Gasteiger partial charge >= 0.3 is 0 Å². The van der Waals surface area contributed by atoms with Gasteiger partial charge in [0.25, 0.3) is 17.7 Å². The van der Waals surface area contributed by atoms with Crippen LogP contribution in [-0.4, -0.2) is 45.2 Å². The average molecular weight is 449 g/mol. The number of benzene rings is 1. The summed E-state index contributed by atoms with van der Waals surface area (Å²) in [4.78, 5) is 48.5. The molecular weight excluding hydrogens is 424 g/mol. The van der Waals surface area contributed by atoms with Crippen molar-refractivity contribution in [1.82, 2.24) is 20.2 Å². The predicted molar refractivity (Wildman–Crippen MR) is 122 cm³/mol. The summed E-state index contributed by atoms with van der Waals surface area (Å²) in [5.41, 5.74) is 2.99. The first-order chi connectivity index (χ1) is 15.6. The zero-order chi connectivity index (χ0) is 22.1. The van der Waals surface area contributed by atoms with E-state index in [1.54, 1.807) is 35.9 Å². The number of hydrogen-bond acceptors (Lipinski definition) is 5. The van der Waals surface area contributed by atoms with Crippen molar-refractivity contribution in [2.45, 2.75) is 44.6 Å². The van der Waals surface area contributed by atoms with E-state index < -0.39 is 0 Å². The number of aromatic amines is 1. The van der Waals surface area contributed by atoms with Gasteiger partial charge in [0.05, 0.1) is 22.3 Å². The van der Waals surface area contributed by atoms with Gasteiger partial charge < -0.3 is 10.3 Å². The number of imidazole rings is 1. The van der Waals surface area contributed by atoms with Crippen LogP contribution < -0.4 is 5.32 Å². The van der Waals surface area contributed by atoms with Gasteiger partial charge in [-0.05, 0) is 42.5 Å². The smallest absolute Gasteiger partial charge is 0.261 e. The number of carbonyl (C=O) groups excluding carboxylic acids is 3. The molecule has 1 aliphatic heterocycles. The van der Waals surface area contributed by atoms with Crippen molar-refractivity contribution in [3.63, 3.8) is 0 Å². The van der Waals surface area contributed by atoms with Crippen LogP contribution in [0.25, 0.3) is 10.6 Å². The van der Waals surface area contributed by atoms with E-state index in [4.69, 9.17) is 0 Å². The number of imide groups is 1. The van der Waals surface area contributed by atoms with Gasteiger partial charge in [0.2, 0.25) is 0 Å². The molecule has 3 aromatic rings. The van der Waals surface area contributed by atoms with E-state index in [-0.39, 0.29) is 23.8 Å². The lowest BCUT2D eigenvalue weighted by atomic mass is 9.94. The molecule has 164 valence electrons. The Hall–Kier alpha value is -3.26. The molecule has 0 spiro atoms. The topological polar surface area (TPSA) is 95.2 Å². The highest BCUT2D eigenvalue weighted by molar-refractivity contribution is 7.13. The van der Waals surface area contributed by atoms with E-state index in [0.717, 1.165) is 48.4 Å². The molecule has 0 radical (unpaired) electrons. The van der Waals surface area contributed by atoms with Gasteiger partial charge in [-0.15, -0.1) is 11.3 Å². The highest BCUT2D eigenvalue weighted by atomic mass is 32.1. The Balaban J connectivity index is 1.25. The molecule has 3 amide bonds. The van der Waals surface area contributed by atoms with Crippen LogP contribution in [-0.2, 0) is 6.42 Å². The molecule has 3 heterocycles. The lowest BCUT2D eigenvalue weighted by Crippen LogP contribution is -2.40. The maximum absolute atomic E-state index is 13.0. The quantitative estimate of drug-likeness (QED) is 0.557. The van der Waals surface area contributed by atoms with Gasteiger partial charge in [-0.1, -0.05) is 25.3 Å². The minimum Gasteiger partial charge on any atom is -0.352 e. The van der Waals surface area contributed by atoms with Crippen LogP contribution in [0.5, 0.6) is 0 Å². The van der Waals surface area contributed by atoms with Crippen molar-refractivity contribution < 1.29 is 14.4 Å². The minimum atomic E-state index is -0.274. The van der Waals surface area contributed by atoms with Gasteiger partial charge in [-0.2, -0.15) is 0 Å². The number of thiophene rings is 1. The Labute approximate surface area is 189 Å². The zero-order valence-electron chi connectivity index (χ0n) is 17.6. The summed E-state index contributed by atoms with van der Waals surface area (Å²) in [6.45, 7) is 0.428. The van der Waals surface area contributed by atoms with Crippen molar-refractivity contribution in [2.24, 2.45) is 0 Å². The lowest BCUT2D eigenvalue weighted by Gasteiger charge is -2.29. The number of fused-ring (bicyclic) bond motifs is 1. The largest absolute Gasteiger partial charge is 0.352 e. The van der Waals surface area contributed by atoms with E-state index in [9.17, 15) is 14.4 Å². The molecule has 8 heteroatoms. The minimum absolute atomic E-state index is 0.0274. The maximum Gasteiger partial charge on any atom is 0.261 e. The third-order valence-electron chi connectivity index (χ3n) is 6.25. The third-order valence-corrected chi connectivity index (χ3v) is 7.13. The first-order valence-corrected chi connectivity index (χ1v) is 11.9. The Morgan fingerprint density at radius 3 is 2.72 bits per heavy atom. The summed E-state index contributed by atoms with van der Waals surface area (Å²) in [5.74, 6) is -0.768. The number of rotatable bonds is 6. The molecule has 1 saturated carbocycles. The molecule has 0 bridgehead atoms. The van der Waals surface area contributed by atoms with Crippen LogP contribution in [0.2, 0.25) is 0 Å². The Morgan fingerprint density at radius 1 is 1.12 bits per heavy atom. The summed E-state index contributed by atoms with van der Waals surface area (Å²) in [6.07, 6.45) is 7.22. The molecule has 0 atom stereocenters. The van der Waals surface area contributed by atoms with Crippen LogP contribution >= 0.6 is 11.3 Å². The van der Waals surface area contributed by atoms with Gasteiger partial charge in [0, 0.05) is 30.3 Å². The van der Waals surface area contributed by atoms with Gasteiger partial charge in [-0.3, -0.25) is 19.3 Å². The first kappa shape index (κ1) is 20.6. The molecule has 1 fully saturated rings. The Bertz CT molecular complexity index is 1160. The van der Waals surface area contributed by atoms with Crippen LogP contribution in [0.4, 0.5) is 0 Å².